The number of nitrogens with zero attached hydrogens (tertiary/aromatic N) is 3. The Hall–Kier alpha value is -2.60. The number of carbonyl (C=O) groups is 1. The van der Waals surface area contributed by atoms with Gasteiger partial charge in [0.2, 0.25) is 5.91 Å². The second kappa shape index (κ2) is 9.04. The van der Waals surface area contributed by atoms with Gasteiger partial charge in [-0.1, -0.05) is 36.0 Å². The third-order valence-electron chi connectivity index (χ3n) is 5.64. The third kappa shape index (κ3) is 4.43. The van der Waals surface area contributed by atoms with Gasteiger partial charge in [-0.3, -0.25) is 4.79 Å². The topological polar surface area (TPSA) is 59.8 Å². The smallest absolute Gasteiger partial charge is 0.234 e. The van der Waals surface area contributed by atoms with Crippen molar-refractivity contribution in [2.24, 2.45) is 0 Å². The molecule has 0 saturated heterocycles. The van der Waals surface area contributed by atoms with Crippen molar-refractivity contribution in [3.63, 3.8) is 0 Å². The SMILES string of the molecule is CCn1c(SCC(=O)Nc2cc(C)ccc2C)nnc1-c1ccc2c(c1)CCCC2. The molecular formula is C24H28N4OS. The van der Waals surface area contributed by atoms with Crippen molar-refractivity contribution in [2.45, 2.75) is 58.2 Å². The number of carbonyl (C=O) groups excluding carboxylic acids is 1. The van der Waals surface area contributed by atoms with Crippen LogP contribution >= 0.6 is 11.8 Å². The molecule has 0 aliphatic heterocycles. The van der Waals surface area contributed by atoms with E-state index in [0.29, 0.717) is 5.75 Å². The second-order valence-corrected chi connectivity index (χ2v) is 8.84. The van der Waals surface area contributed by atoms with Crippen LogP contribution in [-0.2, 0) is 24.2 Å². The first-order valence-corrected chi connectivity index (χ1v) is 11.6. The molecule has 0 atom stereocenters. The van der Waals surface area contributed by atoms with E-state index in [0.717, 1.165) is 46.3 Å². The number of aromatic nitrogens is 3. The van der Waals surface area contributed by atoms with Gasteiger partial charge in [-0.15, -0.1) is 10.2 Å². The molecule has 1 N–H and O–H groups in total. The zero-order chi connectivity index (χ0) is 21.1. The fourth-order valence-corrected chi connectivity index (χ4v) is 4.76. The Bertz CT molecular complexity index is 1070. The number of benzene rings is 2. The Labute approximate surface area is 182 Å². The molecule has 4 rings (SSSR count). The molecule has 0 saturated carbocycles. The second-order valence-electron chi connectivity index (χ2n) is 7.90. The summed E-state index contributed by atoms with van der Waals surface area (Å²) in [6.07, 6.45) is 4.85. The van der Waals surface area contributed by atoms with E-state index in [-0.39, 0.29) is 5.91 Å². The maximum Gasteiger partial charge on any atom is 0.234 e. The standard InChI is InChI=1S/C24H28N4OS/c1-4-28-23(20-12-11-18-7-5-6-8-19(18)14-20)26-27-24(28)30-15-22(29)25-21-13-16(2)9-10-17(21)3/h9-14H,4-8,15H2,1-3H3,(H,25,29). The van der Waals surface area contributed by atoms with E-state index in [9.17, 15) is 4.79 Å². The molecule has 0 unspecified atom stereocenters. The van der Waals surface area contributed by atoms with E-state index >= 15 is 0 Å². The molecule has 156 valence electrons. The lowest BCUT2D eigenvalue weighted by Crippen LogP contribution is -2.15. The number of aryl methyl sites for hydroxylation is 4. The quantitative estimate of drug-likeness (QED) is 0.558. The minimum Gasteiger partial charge on any atom is -0.325 e. The molecule has 1 aliphatic carbocycles. The summed E-state index contributed by atoms with van der Waals surface area (Å²) >= 11 is 1.43. The van der Waals surface area contributed by atoms with Gasteiger partial charge >= 0.3 is 0 Å². The number of anilines is 1. The molecule has 0 fully saturated rings. The maximum atomic E-state index is 12.5. The lowest BCUT2D eigenvalue weighted by atomic mass is 9.90. The highest BCUT2D eigenvalue weighted by molar-refractivity contribution is 7.99. The van der Waals surface area contributed by atoms with Crippen LogP contribution in [0.4, 0.5) is 5.69 Å². The van der Waals surface area contributed by atoms with Gasteiger partial charge < -0.3 is 9.88 Å². The molecule has 0 radical (unpaired) electrons. The van der Waals surface area contributed by atoms with Crippen LogP contribution < -0.4 is 5.32 Å². The molecule has 2 aromatic carbocycles. The van der Waals surface area contributed by atoms with E-state index < -0.39 is 0 Å². The number of nitrogens with one attached hydrogen (secondary N) is 1. The summed E-state index contributed by atoms with van der Waals surface area (Å²) in [5, 5.41) is 12.6. The van der Waals surface area contributed by atoms with Crippen LogP contribution in [0.3, 0.4) is 0 Å². The van der Waals surface area contributed by atoms with Crippen molar-refractivity contribution in [2.75, 3.05) is 11.1 Å². The van der Waals surface area contributed by atoms with Crippen LogP contribution in [0.25, 0.3) is 11.4 Å². The Morgan fingerprint density at radius 2 is 1.87 bits per heavy atom. The van der Waals surface area contributed by atoms with Crippen LogP contribution in [-0.4, -0.2) is 26.4 Å². The zero-order valence-electron chi connectivity index (χ0n) is 17.9. The summed E-state index contributed by atoms with van der Waals surface area (Å²) in [6.45, 7) is 6.88. The van der Waals surface area contributed by atoms with Gasteiger partial charge in [0, 0.05) is 17.8 Å². The number of hydrogen-bond donors (Lipinski definition) is 1. The Morgan fingerprint density at radius 3 is 2.67 bits per heavy atom. The van der Waals surface area contributed by atoms with E-state index in [4.69, 9.17) is 0 Å². The predicted molar refractivity (Wildman–Crippen MR) is 123 cm³/mol. The predicted octanol–water partition coefficient (Wildman–Crippen LogP) is 5.19. The van der Waals surface area contributed by atoms with Gasteiger partial charge in [-0.05, 0) is 80.8 Å². The van der Waals surface area contributed by atoms with Gasteiger partial charge in [0.1, 0.15) is 0 Å². The monoisotopic (exact) mass is 420 g/mol. The molecule has 0 spiro atoms. The highest BCUT2D eigenvalue weighted by Crippen LogP contribution is 2.29. The fourth-order valence-electron chi connectivity index (χ4n) is 3.95. The summed E-state index contributed by atoms with van der Waals surface area (Å²) in [5.41, 5.74) is 7.06. The number of thioether (sulfide) groups is 1. The van der Waals surface area contributed by atoms with Crippen LogP contribution in [0.15, 0.2) is 41.6 Å². The Balaban J connectivity index is 1.47. The molecule has 0 bridgehead atoms. The van der Waals surface area contributed by atoms with Crippen molar-refractivity contribution in [1.29, 1.82) is 0 Å². The number of hydrogen-bond acceptors (Lipinski definition) is 4. The average molecular weight is 421 g/mol. The maximum absolute atomic E-state index is 12.5. The Morgan fingerprint density at radius 1 is 1.07 bits per heavy atom. The molecule has 1 amide bonds. The fraction of sp³-hybridized carbons (Fsp3) is 0.375. The van der Waals surface area contributed by atoms with Crippen LogP contribution in [0.1, 0.15) is 42.0 Å². The van der Waals surface area contributed by atoms with E-state index in [1.807, 2.05) is 32.0 Å². The first kappa shape index (κ1) is 20.7. The van der Waals surface area contributed by atoms with Gasteiger partial charge in [0.15, 0.2) is 11.0 Å². The van der Waals surface area contributed by atoms with Crippen molar-refractivity contribution < 1.29 is 4.79 Å². The Kier molecular flexibility index (Phi) is 6.23. The highest BCUT2D eigenvalue weighted by Gasteiger charge is 2.17. The number of amides is 1. The first-order chi connectivity index (χ1) is 14.5. The minimum absolute atomic E-state index is 0.0327. The normalized spacial score (nSPS) is 13.2. The summed E-state index contributed by atoms with van der Waals surface area (Å²) in [7, 11) is 0. The van der Waals surface area contributed by atoms with E-state index in [1.165, 1.54) is 42.2 Å². The molecule has 3 aromatic rings. The van der Waals surface area contributed by atoms with Gasteiger partial charge in [0.25, 0.3) is 0 Å². The van der Waals surface area contributed by atoms with Crippen molar-refractivity contribution in [1.82, 2.24) is 14.8 Å². The highest BCUT2D eigenvalue weighted by atomic mass is 32.2. The molecule has 1 aromatic heterocycles. The molecular weight excluding hydrogens is 392 g/mol. The number of fused-ring (bicyclic) bond motifs is 1. The van der Waals surface area contributed by atoms with Gasteiger partial charge in [-0.25, -0.2) is 0 Å². The van der Waals surface area contributed by atoms with Crippen LogP contribution in [0.5, 0.6) is 0 Å². The summed E-state index contributed by atoms with van der Waals surface area (Å²) < 4.78 is 2.10. The summed E-state index contributed by atoms with van der Waals surface area (Å²) in [4.78, 5) is 12.5. The molecule has 5 nitrogen and oxygen atoms in total. The van der Waals surface area contributed by atoms with Gasteiger partial charge in [0.05, 0.1) is 5.75 Å². The van der Waals surface area contributed by atoms with E-state index in [2.05, 4.69) is 45.2 Å². The van der Waals surface area contributed by atoms with E-state index in [1.54, 1.807) is 0 Å². The molecule has 1 heterocycles. The van der Waals surface area contributed by atoms with Gasteiger partial charge in [-0.2, -0.15) is 0 Å². The lowest BCUT2D eigenvalue weighted by molar-refractivity contribution is -0.113. The summed E-state index contributed by atoms with van der Waals surface area (Å²) in [5.74, 6) is 1.15. The van der Waals surface area contributed by atoms with Crippen LogP contribution in [0.2, 0.25) is 0 Å². The first-order valence-electron chi connectivity index (χ1n) is 10.6. The van der Waals surface area contributed by atoms with Crippen molar-refractivity contribution in [3.05, 3.63) is 58.7 Å². The largest absolute Gasteiger partial charge is 0.325 e. The molecule has 1 aliphatic rings. The lowest BCUT2D eigenvalue weighted by Gasteiger charge is -2.16. The third-order valence-corrected chi connectivity index (χ3v) is 6.61. The number of rotatable bonds is 6. The molecule has 30 heavy (non-hydrogen) atoms. The van der Waals surface area contributed by atoms with Crippen molar-refractivity contribution in [3.8, 4) is 11.4 Å². The average Bonchev–Trinajstić information content (AvgIpc) is 3.17. The molecule has 6 heteroatoms. The summed E-state index contributed by atoms with van der Waals surface area (Å²) in [6, 6.07) is 12.7. The van der Waals surface area contributed by atoms with Crippen molar-refractivity contribution >= 4 is 23.4 Å². The van der Waals surface area contributed by atoms with Crippen LogP contribution in [0, 0.1) is 13.8 Å². The minimum atomic E-state index is -0.0327. The zero-order valence-corrected chi connectivity index (χ0v) is 18.7.